The van der Waals surface area contributed by atoms with Crippen LogP contribution >= 0.6 is 0 Å². The Hall–Kier alpha value is -0.0800. The van der Waals surface area contributed by atoms with Crippen LogP contribution < -0.4 is 5.73 Å². The van der Waals surface area contributed by atoms with Gasteiger partial charge in [0.1, 0.15) is 0 Å². The van der Waals surface area contributed by atoms with Crippen LogP contribution in [0.5, 0.6) is 0 Å². The zero-order chi connectivity index (χ0) is 7.45. The van der Waals surface area contributed by atoms with Gasteiger partial charge in [-0.25, -0.2) is 0 Å². The predicted octanol–water partition coefficient (Wildman–Crippen LogP) is 1.03. The molecule has 1 aliphatic carbocycles. The van der Waals surface area contributed by atoms with Crippen LogP contribution in [-0.4, -0.2) is 17.3 Å². The molecule has 0 bridgehead atoms. The van der Waals surface area contributed by atoms with Gasteiger partial charge < -0.3 is 10.8 Å². The van der Waals surface area contributed by atoms with Crippen molar-refractivity contribution in [2.45, 2.75) is 44.1 Å². The summed E-state index contributed by atoms with van der Waals surface area (Å²) in [4.78, 5) is 0. The number of aliphatic hydroxyl groups is 1. The summed E-state index contributed by atoms with van der Waals surface area (Å²) < 4.78 is 0. The molecule has 0 amide bonds. The lowest BCUT2D eigenvalue weighted by Gasteiger charge is -2.31. The third-order valence-electron chi connectivity index (χ3n) is 2.39. The molecule has 60 valence electrons. The molecule has 0 unspecified atom stereocenters. The zero-order valence-corrected chi connectivity index (χ0v) is 6.47. The highest BCUT2D eigenvalue weighted by Crippen LogP contribution is 2.29. The molecule has 0 aromatic carbocycles. The van der Waals surface area contributed by atoms with Gasteiger partial charge in [0.15, 0.2) is 0 Å². The summed E-state index contributed by atoms with van der Waals surface area (Å²) in [6.07, 6.45) is 6.35. The first-order valence-corrected chi connectivity index (χ1v) is 4.19. The van der Waals surface area contributed by atoms with Crippen molar-refractivity contribution in [1.82, 2.24) is 0 Å². The molecule has 0 heterocycles. The van der Waals surface area contributed by atoms with Gasteiger partial charge in [-0.2, -0.15) is 0 Å². The summed E-state index contributed by atoms with van der Waals surface area (Å²) in [6, 6.07) is 0. The van der Waals surface area contributed by atoms with Crippen molar-refractivity contribution in [3.8, 4) is 0 Å². The molecule has 0 atom stereocenters. The molecule has 1 saturated carbocycles. The van der Waals surface area contributed by atoms with Gasteiger partial charge in [-0.05, 0) is 25.8 Å². The van der Waals surface area contributed by atoms with E-state index in [1.165, 1.54) is 19.3 Å². The van der Waals surface area contributed by atoms with Gasteiger partial charge in [-0.1, -0.05) is 19.3 Å². The van der Waals surface area contributed by atoms with Crippen molar-refractivity contribution in [2.75, 3.05) is 6.54 Å². The summed E-state index contributed by atoms with van der Waals surface area (Å²) in [6.45, 7) is 0.622. The molecule has 1 fully saturated rings. The van der Waals surface area contributed by atoms with E-state index >= 15 is 0 Å². The first kappa shape index (κ1) is 8.02. The molecule has 0 aromatic heterocycles. The maximum atomic E-state index is 9.79. The predicted molar refractivity (Wildman–Crippen MR) is 41.7 cm³/mol. The van der Waals surface area contributed by atoms with E-state index in [1.807, 2.05) is 0 Å². The van der Waals surface area contributed by atoms with E-state index in [-0.39, 0.29) is 0 Å². The quantitative estimate of drug-likeness (QED) is 0.606. The fourth-order valence-corrected chi connectivity index (χ4v) is 1.73. The third kappa shape index (κ3) is 1.96. The monoisotopic (exact) mass is 143 g/mol. The molecular formula is C8H17NO. The van der Waals surface area contributed by atoms with E-state index in [1.54, 1.807) is 0 Å². The van der Waals surface area contributed by atoms with Crippen LogP contribution in [0.3, 0.4) is 0 Å². The van der Waals surface area contributed by atoms with Crippen LogP contribution in [0.2, 0.25) is 0 Å². The summed E-state index contributed by atoms with van der Waals surface area (Å²) in [5.41, 5.74) is 4.99. The second-order valence-corrected chi connectivity index (χ2v) is 3.32. The highest BCUT2D eigenvalue weighted by atomic mass is 16.3. The second kappa shape index (κ2) is 3.35. The molecule has 0 spiro atoms. The van der Waals surface area contributed by atoms with E-state index in [0.29, 0.717) is 6.54 Å². The molecule has 0 aliphatic heterocycles. The number of hydrogen-bond donors (Lipinski definition) is 2. The molecule has 0 aromatic rings. The molecule has 2 heteroatoms. The SMILES string of the molecule is NCCC1(O)CCCCC1. The van der Waals surface area contributed by atoms with Gasteiger partial charge in [0.25, 0.3) is 0 Å². The minimum atomic E-state index is -0.396. The Morgan fingerprint density at radius 3 is 2.30 bits per heavy atom. The second-order valence-electron chi connectivity index (χ2n) is 3.32. The van der Waals surface area contributed by atoms with Crippen LogP contribution in [0, 0.1) is 0 Å². The standard InChI is InChI=1S/C8H17NO/c9-7-6-8(10)4-2-1-3-5-8/h10H,1-7,9H2. The Morgan fingerprint density at radius 2 is 1.80 bits per heavy atom. The minimum absolute atomic E-state index is 0.396. The average molecular weight is 143 g/mol. The molecule has 0 saturated heterocycles. The fourth-order valence-electron chi connectivity index (χ4n) is 1.73. The number of hydrogen-bond acceptors (Lipinski definition) is 2. The van der Waals surface area contributed by atoms with Gasteiger partial charge in [0.05, 0.1) is 5.60 Å². The van der Waals surface area contributed by atoms with Crippen molar-refractivity contribution in [2.24, 2.45) is 5.73 Å². The zero-order valence-electron chi connectivity index (χ0n) is 6.47. The summed E-state index contributed by atoms with van der Waals surface area (Å²) in [5, 5.41) is 9.79. The van der Waals surface area contributed by atoms with E-state index in [0.717, 1.165) is 19.3 Å². The van der Waals surface area contributed by atoms with Gasteiger partial charge in [-0.15, -0.1) is 0 Å². The molecule has 10 heavy (non-hydrogen) atoms. The van der Waals surface area contributed by atoms with E-state index in [4.69, 9.17) is 5.73 Å². The van der Waals surface area contributed by atoms with Gasteiger partial charge in [-0.3, -0.25) is 0 Å². The molecule has 0 radical (unpaired) electrons. The maximum absolute atomic E-state index is 9.79. The Balaban J connectivity index is 2.32. The minimum Gasteiger partial charge on any atom is -0.390 e. The molecule has 1 rings (SSSR count). The first-order chi connectivity index (χ1) is 4.77. The summed E-state index contributed by atoms with van der Waals surface area (Å²) >= 11 is 0. The van der Waals surface area contributed by atoms with Gasteiger partial charge >= 0.3 is 0 Å². The van der Waals surface area contributed by atoms with Gasteiger partial charge in [0.2, 0.25) is 0 Å². The van der Waals surface area contributed by atoms with Crippen molar-refractivity contribution in [3.05, 3.63) is 0 Å². The van der Waals surface area contributed by atoms with E-state index in [2.05, 4.69) is 0 Å². The van der Waals surface area contributed by atoms with Crippen LogP contribution in [0.15, 0.2) is 0 Å². The summed E-state index contributed by atoms with van der Waals surface area (Å²) in [7, 11) is 0. The van der Waals surface area contributed by atoms with Crippen molar-refractivity contribution >= 4 is 0 Å². The number of nitrogens with two attached hydrogens (primary N) is 1. The van der Waals surface area contributed by atoms with E-state index < -0.39 is 5.60 Å². The van der Waals surface area contributed by atoms with Crippen molar-refractivity contribution in [1.29, 1.82) is 0 Å². The topological polar surface area (TPSA) is 46.2 Å². The van der Waals surface area contributed by atoms with Crippen LogP contribution in [0.1, 0.15) is 38.5 Å². The Kier molecular flexibility index (Phi) is 2.69. The normalized spacial score (nSPS) is 24.6. The fraction of sp³-hybridized carbons (Fsp3) is 1.00. The summed E-state index contributed by atoms with van der Waals surface area (Å²) in [5.74, 6) is 0. The first-order valence-electron chi connectivity index (χ1n) is 4.19. The molecule has 3 N–H and O–H groups in total. The highest BCUT2D eigenvalue weighted by Gasteiger charge is 2.27. The average Bonchev–Trinajstić information content (AvgIpc) is 1.89. The lowest BCUT2D eigenvalue weighted by atomic mass is 9.83. The van der Waals surface area contributed by atoms with Crippen molar-refractivity contribution in [3.63, 3.8) is 0 Å². The maximum Gasteiger partial charge on any atom is 0.0659 e. The lowest BCUT2D eigenvalue weighted by Crippen LogP contribution is -2.33. The Labute approximate surface area is 62.4 Å². The van der Waals surface area contributed by atoms with Crippen LogP contribution in [-0.2, 0) is 0 Å². The van der Waals surface area contributed by atoms with Crippen LogP contribution in [0.4, 0.5) is 0 Å². The Morgan fingerprint density at radius 1 is 1.20 bits per heavy atom. The smallest absolute Gasteiger partial charge is 0.0659 e. The lowest BCUT2D eigenvalue weighted by molar-refractivity contribution is -0.00141. The van der Waals surface area contributed by atoms with Crippen LogP contribution in [0.25, 0.3) is 0 Å². The van der Waals surface area contributed by atoms with Gasteiger partial charge in [0, 0.05) is 0 Å². The third-order valence-corrected chi connectivity index (χ3v) is 2.39. The number of rotatable bonds is 2. The molecule has 2 nitrogen and oxygen atoms in total. The van der Waals surface area contributed by atoms with E-state index in [9.17, 15) is 5.11 Å². The molecule has 1 aliphatic rings. The van der Waals surface area contributed by atoms with Crippen molar-refractivity contribution < 1.29 is 5.11 Å². The largest absolute Gasteiger partial charge is 0.390 e. The highest BCUT2D eigenvalue weighted by molar-refractivity contribution is 4.81. The Bertz CT molecular complexity index is 91.9. The molecular weight excluding hydrogens is 126 g/mol.